The molecular formula is C14H10N6S. The lowest BCUT2D eigenvalue weighted by Crippen LogP contribution is -1.94. The first-order valence-corrected chi connectivity index (χ1v) is 7.64. The molecule has 1 fully saturated rings. The van der Waals surface area contributed by atoms with Crippen molar-refractivity contribution in [2.75, 3.05) is 0 Å². The van der Waals surface area contributed by atoms with Crippen LogP contribution < -0.4 is 0 Å². The second kappa shape index (κ2) is 4.05. The summed E-state index contributed by atoms with van der Waals surface area (Å²) in [7, 11) is 0. The lowest BCUT2D eigenvalue weighted by molar-refractivity contribution is 0.828. The van der Waals surface area contributed by atoms with Crippen molar-refractivity contribution in [3.05, 3.63) is 36.3 Å². The minimum absolute atomic E-state index is 0.529. The van der Waals surface area contributed by atoms with Gasteiger partial charge in [-0.05, 0) is 37.1 Å². The van der Waals surface area contributed by atoms with Gasteiger partial charge >= 0.3 is 0 Å². The quantitative estimate of drug-likeness (QED) is 0.568. The van der Waals surface area contributed by atoms with Crippen LogP contribution in [0.4, 0.5) is 0 Å². The van der Waals surface area contributed by atoms with Gasteiger partial charge in [0.15, 0.2) is 16.5 Å². The minimum atomic E-state index is 0.529. The molecule has 1 aliphatic carbocycles. The van der Waals surface area contributed by atoms with Gasteiger partial charge in [0.2, 0.25) is 4.96 Å². The minimum Gasteiger partial charge on any atom is -0.237 e. The Bertz CT molecular complexity index is 968. The molecule has 0 unspecified atom stereocenters. The molecule has 0 radical (unpaired) electrons. The summed E-state index contributed by atoms with van der Waals surface area (Å²) < 4.78 is 1.86. The Kier molecular flexibility index (Phi) is 2.17. The standard InChI is InChI=1S/C14H10N6S/c1-2-8-5-6-10(16-11(8)15-7-1)13-19-20-12(9-3-4-9)17-18-14(20)21-13/h1-2,5-7,9H,3-4H2. The van der Waals surface area contributed by atoms with Crippen molar-refractivity contribution < 1.29 is 0 Å². The van der Waals surface area contributed by atoms with Gasteiger partial charge in [0.1, 0.15) is 5.69 Å². The van der Waals surface area contributed by atoms with Gasteiger partial charge in [-0.2, -0.15) is 9.61 Å². The lowest BCUT2D eigenvalue weighted by Gasteiger charge is -1.98. The Labute approximate surface area is 123 Å². The Balaban J connectivity index is 1.67. The van der Waals surface area contributed by atoms with Crippen LogP contribution in [-0.2, 0) is 0 Å². The summed E-state index contributed by atoms with van der Waals surface area (Å²) in [6.07, 6.45) is 4.13. The molecule has 0 N–H and O–H groups in total. The number of hydrogen-bond donors (Lipinski definition) is 0. The molecule has 0 saturated heterocycles. The largest absolute Gasteiger partial charge is 0.237 e. The van der Waals surface area contributed by atoms with Gasteiger partial charge in [-0.15, -0.1) is 10.2 Å². The molecule has 4 aromatic heterocycles. The van der Waals surface area contributed by atoms with E-state index in [1.807, 2.05) is 28.8 Å². The van der Waals surface area contributed by atoms with E-state index in [9.17, 15) is 0 Å². The predicted molar refractivity (Wildman–Crippen MR) is 79.2 cm³/mol. The number of fused-ring (bicyclic) bond motifs is 2. The normalized spacial score (nSPS) is 15.0. The lowest BCUT2D eigenvalue weighted by atomic mass is 10.2. The summed E-state index contributed by atoms with van der Waals surface area (Å²) in [6.45, 7) is 0. The zero-order valence-electron chi connectivity index (χ0n) is 11.0. The van der Waals surface area contributed by atoms with Gasteiger partial charge in [-0.25, -0.2) is 9.97 Å². The van der Waals surface area contributed by atoms with Crippen LogP contribution in [0.15, 0.2) is 30.5 Å². The van der Waals surface area contributed by atoms with E-state index in [1.165, 1.54) is 24.2 Å². The first-order valence-electron chi connectivity index (χ1n) is 6.83. The molecule has 0 aliphatic heterocycles. The topological polar surface area (TPSA) is 68.9 Å². The Morgan fingerprint density at radius 3 is 3.00 bits per heavy atom. The van der Waals surface area contributed by atoms with Gasteiger partial charge < -0.3 is 0 Å². The van der Waals surface area contributed by atoms with Crippen LogP contribution in [0.5, 0.6) is 0 Å². The van der Waals surface area contributed by atoms with Crippen LogP contribution in [0.2, 0.25) is 0 Å². The highest BCUT2D eigenvalue weighted by Crippen LogP contribution is 2.39. The number of rotatable bonds is 2. The van der Waals surface area contributed by atoms with Crippen molar-refractivity contribution in [2.24, 2.45) is 0 Å². The third kappa shape index (κ3) is 1.74. The molecule has 1 saturated carbocycles. The van der Waals surface area contributed by atoms with Crippen LogP contribution >= 0.6 is 11.3 Å². The summed E-state index contributed by atoms with van der Waals surface area (Å²) in [5.74, 6) is 1.51. The van der Waals surface area contributed by atoms with E-state index in [4.69, 9.17) is 0 Å². The van der Waals surface area contributed by atoms with Gasteiger partial charge in [-0.1, -0.05) is 11.3 Å². The molecular weight excluding hydrogens is 284 g/mol. The first kappa shape index (κ1) is 11.3. The fourth-order valence-electron chi connectivity index (χ4n) is 2.40. The van der Waals surface area contributed by atoms with Crippen molar-refractivity contribution in [1.29, 1.82) is 0 Å². The molecule has 0 aromatic carbocycles. The fourth-order valence-corrected chi connectivity index (χ4v) is 3.22. The van der Waals surface area contributed by atoms with Crippen LogP contribution in [0.1, 0.15) is 24.6 Å². The Hall–Kier alpha value is -2.41. The van der Waals surface area contributed by atoms with E-state index >= 15 is 0 Å². The van der Waals surface area contributed by atoms with Gasteiger partial charge in [0.25, 0.3) is 0 Å². The molecule has 5 rings (SSSR count). The monoisotopic (exact) mass is 294 g/mol. The highest BCUT2D eigenvalue weighted by Gasteiger charge is 2.30. The van der Waals surface area contributed by atoms with Gasteiger partial charge in [0, 0.05) is 17.5 Å². The molecule has 0 spiro atoms. The average Bonchev–Trinajstić information content (AvgIpc) is 3.15. The van der Waals surface area contributed by atoms with Crippen molar-refractivity contribution >= 4 is 27.3 Å². The summed E-state index contributed by atoms with van der Waals surface area (Å²) in [5.41, 5.74) is 1.57. The number of aromatic nitrogens is 6. The molecule has 1 aliphatic rings. The molecule has 6 nitrogen and oxygen atoms in total. The van der Waals surface area contributed by atoms with Crippen LogP contribution in [0.25, 0.3) is 26.7 Å². The predicted octanol–water partition coefficient (Wildman–Crippen LogP) is 2.67. The summed E-state index contributed by atoms with van der Waals surface area (Å²) in [6, 6.07) is 7.92. The maximum absolute atomic E-state index is 4.63. The number of pyridine rings is 2. The van der Waals surface area contributed by atoms with E-state index in [0.29, 0.717) is 5.92 Å². The van der Waals surface area contributed by atoms with Crippen molar-refractivity contribution in [3.8, 4) is 10.7 Å². The third-order valence-electron chi connectivity index (χ3n) is 3.64. The summed E-state index contributed by atoms with van der Waals surface area (Å²) >= 11 is 1.51. The zero-order chi connectivity index (χ0) is 13.8. The number of nitrogens with zero attached hydrogens (tertiary/aromatic N) is 6. The van der Waals surface area contributed by atoms with Crippen molar-refractivity contribution in [1.82, 2.24) is 29.8 Å². The average molecular weight is 294 g/mol. The highest BCUT2D eigenvalue weighted by molar-refractivity contribution is 7.19. The molecule has 21 heavy (non-hydrogen) atoms. The van der Waals surface area contributed by atoms with Gasteiger partial charge in [-0.3, -0.25) is 0 Å². The van der Waals surface area contributed by atoms with Crippen LogP contribution in [0, 0.1) is 0 Å². The zero-order valence-corrected chi connectivity index (χ0v) is 11.8. The number of hydrogen-bond acceptors (Lipinski definition) is 6. The third-order valence-corrected chi connectivity index (χ3v) is 4.56. The van der Waals surface area contributed by atoms with E-state index < -0.39 is 0 Å². The molecule has 4 aromatic rings. The van der Waals surface area contributed by atoms with E-state index in [0.717, 1.165) is 32.5 Å². The molecule has 0 amide bonds. The maximum Gasteiger partial charge on any atom is 0.235 e. The van der Waals surface area contributed by atoms with Crippen LogP contribution in [0.3, 0.4) is 0 Å². The van der Waals surface area contributed by atoms with Crippen molar-refractivity contribution in [2.45, 2.75) is 18.8 Å². The summed E-state index contributed by atoms with van der Waals surface area (Å²) in [5, 5.41) is 15.0. The molecule has 102 valence electrons. The molecule has 0 bridgehead atoms. The fraction of sp³-hybridized carbons (Fsp3) is 0.214. The maximum atomic E-state index is 4.63. The molecule has 4 heterocycles. The first-order chi connectivity index (χ1) is 10.4. The molecule has 7 heteroatoms. The van der Waals surface area contributed by atoms with E-state index in [1.54, 1.807) is 6.20 Å². The Morgan fingerprint density at radius 1 is 1.14 bits per heavy atom. The highest BCUT2D eigenvalue weighted by atomic mass is 32.1. The smallest absolute Gasteiger partial charge is 0.235 e. The molecule has 0 atom stereocenters. The second-order valence-corrected chi connectivity index (χ2v) is 6.14. The SMILES string of the molecule is c1cnc2nc(-c3nn4c(C5CC5)nnc4s3)ccc2c1. The summed E-state index contributed by atoms with van der Waals surface area (Å²) in [4.78, 5) is 9.71. The van der Waals surface area contributed by atoms with E-state index in [-0.39, 0.29) is 0 Å². The van der Waals surface area contributed by atoms with Gasteiger partial charge in [0.05, 0.1) is 0 Å². The van der Waals surface area contributed by atoms with E-state index in [2.05, 4.69) is 25.3 Å². The van der Waals surface area contributed by atoms with Crippen molar-refractivity contribution in [3.63, 3.8) is 0 Å². The second-order valence-electron chi connectivity index (χ2n) is 5.18. The van der Waals surface area contributed by atoms with Crippen LogP contribution in [-0.4, -0.2) is 29.8 Å². The Morgan fingerprint density at radius 2 is 2.10 bits per heavy atom.